The van der Waals surface area contributed by atoms with E-state index >= 15 is 0 Å². The van der Waals surface area contributed by atoms with Crippen LogP contribution in [0.15, 0.2) is 12.4 Å². The van der Waals surface area contributed by atoms with Crippen LogP contribution in [0.25, 0.3) is 0 Å². The van der Waals surface area contributed by atoms with Crippen LogP contribution in [-0.4, -0.2) is 27.9 Å². The lowest BCUT2D eigenvalue weighted by Gasteiger charge is -2.14. The molecule has 96 valence electrons. The van der Waals surface area contributed by atoms with Crippen LogP contribution in [-0.2, 0) is 20.0 Å². The highest BCUT2D eigenvalue weighted by molar-refractivity contribution is 7.17. The van der Waals surface area contributed by atoms with E-state index in [1.165, 1.54) is 11.3 Å². The number of aromatic nitrogens is 3. The molecule has 0 N–H and O–H groups in total. The van der Waals surface area contributed by atoms with Gasteiger partial charge >= 0.3 is 0 Å². The Kier molecular flexibility index (Phi) is 3.76. The second-order valence-electron chi connectivity index (χ2n) is 4.09. The van der Waals surface area contributed by atoms with E-state index in [-0.39, 0.29) is 0 Å². The van der Waals surface area contributed by atoms with Crippen LogP contribution in [0.5, 0.6) is 0 Å². The second-order valence-corrected chi connectivity index (χ2v) is 5.10. The van der Waals surface area contributed by atoms with Gasteiger partial charge in [-0.3, -0.25) is 4.79 Å². The number of aryl methyl sites for hydroxylation is 2. The maximum Gasteiger partial charge on any atom is 0.186 e. The molecule has 2 rings (SSSR count). The molecule has 0 saturated carbocycles. The van der Waals surface area contributed by atoms with Gasteiger partial charge in [0.2, 0.25) is 0 Å². The lowest BCUT2D eigenvalue weighted by atomic mass is 10.3. The number of nitrogens with zero attached hydrogens (tertiary/aromatic N) is 4. The van der Waals surface area contributed by atoms with Crippen LogP contribution in [0.2, 0.25) is 0 Å². The molecule has 0 atom stereocenters. The molecule has 0 saturated heterocycles. The molecule has 0 fully saturated rings. The fourth-order valence-electron chi connectivity index (χ4n) is 1.69. The van der Waals surface area contributed by atoms with Crippen LogP contribution in [0.1, 0.15) is 28.1 Å². The molecule has 18 heavy (non-hydrogen) atoms. The SMILES string of the molecule is CCc1nc(N(C)Cc2nccn2C)sc1C=O. The summed E-state index contributed by atoms with van der Waals surface area (Å²) in [6, 6.07) is 0. The van der Waals surface area contributed by atoms with Gasteiger partial charge in [0.15, 0.2) is 11.4 Å². The highest BCUT2D eigenvalue weighted by atomic mass is 32.1. The normalized spacial score (nSPS) is 10.6. The molecule has 2 aromatic rings. The molecule has 0 spiro atoms. The first kappa shape index (κ1) is 12.8. The van der Waals surface area contributed by atoms with Crippen molar-refractivity contribution >= 4 is 22.8 Å². The zero-order chi connectivity index (χ0) is 13.1. The number of carbonyl (C=O) groups is 1. The summed E-state index contributed by atoms with van der Waals surface area (Å²) in [5.41, 5.74) is 0.872. The number of anilines is 1. The summed E-state index contributed by atoms with van der Waals surface area (Å²) in [5, 5.41) is 0.858. The van der Waals surface area contributed by atoms with Crippen LogP contribution in [0.4, 0.5) is 5.13 Å². The Morgan fingerprint density at radius 3 is 2.83 bits per heavy atom. The van der Waals surface area contributed by atoms with Crippen LogP contribution < -0.4 is 4.90 Å². The molecule has 0 bridgehead atoms. The van der Waals surface area contributed by atoms with Crippen molar-refractivity contribution in [1.82, 2.24) is 14.5 Å². The van der Waals surface area contributed by atoms with E-state index in [1.54, 1.807) is 6.20 Å². The van der Waals surface area contributed by atoms with E-state index in [4.69, 9.17) is 0 Å². The molecule has 5 nitrogen and oxygen atoms in total. The van der Waals surface area contributed by atoms with Crippen molar-refractivity contribution < 1.29 is 4.79 Å². The number of hydrogen-bond acceptors (Lipinski definition) is 5. The second kappa shape index (κ2) is 5.30. The molecule has 0 aromatic carbocycles. The fraction of sp³-hybridized carbons (Fsp3) is 0.417. The largest absolute Gasteiger partial charge is 0.344 e. The Balaban J connectivity index is 2.18. The van der Waals surface area contributed by atoms with E-state index < -0.39 is 0 Å². The molecule has 6 heteroatoms. The Morgan fingerprint density at radius 2 is 2.33 bits per heavy atom. The molecule has 0 aliphatic carbocycles. The van der Waals surface area contributed by atoms with Gasteiger partial charge in [0.05, 0.1) is 17.1 Å². The predicted octanol–water partition coefficient (Wildman–Crippen LogP) is 1.89. The minimum atomic E-state index is 0.679. The Labute approximate surface area is 110 Å². The van der Waals surface area contributed by atoms with Gasteiger partial charge in [-0.25, -0.2) is 9.97 Å². The maximum absolute atomic E-state index is 10.9. The van der Waals surface area contributed by atoms with Crippen molar-refractivity contribution in [3.05, 3.63) is 28.8 Å². The highest BCUT2D eigenvalue weighted by Gasteiger charge is 2.13. The zero-order valence-electron chi connectivity index (χ0n) is 10.8. The van der Waals surface area contributed by atoms with E-state index in [0.717, 1.165) is 34.2 Å². The first-order chi connectivity index (χ1) is 8.65. The van der Waals surface area contributed by atoms with Crippen molar-refractivity contribution in [3.63, 3.8) is 0 Å². The van der Waals surface area contributed by atoms with Gasteiger partial charge in [-0.1, -0.05) is 18.3 Å². The summed E-state index contributed by atoms with van der Waals surface area (Å²) in [4.78, 5) is 22.4. The van der Waals surface area contributed by atoms with Crippen molar-refractivity contribution in [2.45, 2.75) is 19.9 Å². The summed E-state index contributed by atoms with van der Waals surface area (Å²) in [6.07, 6.45) is 5.36. The summed E-state index contributed by atoms with van der Waals surface area (Å²) in [7, 11) is 3.92. The van der Waals surface area contributed by atoms with Crippen molar-refractivity contribution in [2.75, 3.05) is 11.9 Å². The topological polar surface area (TPSA) is 51.0 Å². The zero-order valence-corrected chi connectivity index (χ0v) is 11.6. The first-order valence-corrected chi connectivity index (χ1v) is 6.59. The average molecular weight is 264 g/mol. The van der Waals surface area contributed by atoms with Gasteiger partial charge in [-0.2, -0.15) is 0 Å². The van der Waals surface area contributed by atoms with Gasteiger partial charge in [-0.05, 0) is 6.42 Å². The summed E-state index contributed by atoms with van der Waals surface area (Å²) in [6.45, 7) is 2.68. The summed E-state index contributed by atoms with van der Waals surface area (Å²) < 4.78 is 1.98. The average Bonchev–Trinajstić information content (AvgIpc) is 2.96. The minimum Gasteiger partial charge on any atom is -0.344 e. The third-order valence-electron chi connectivity index (χ3n) is 2.78. The fourth-order valence-corrected chi connectivity index (χ4v) is 2.62. The molecule has 0 amide bonds. The van der Waals surface area contributed by atoms with Crippen LogP contribution in [0, 0.1) is 0 Å². The molecule has 2 aromatic heterocycles. The van der Waals surface area contributed by atoms with E-state index in [2.05, 4.69) is 9.97 Å². The number of carbonyl (C=O) groups excluding carboxylic acids is 1. The Morgan fingerprint density at radius 1 is 1.56 bits per heavy atom. The van der Waals surface area contributed by atoms with Gasteiger partial charge in [-0.15, -0.1) is 0 Å². The quantitative estimate of drug-likeness (QED) is 0.774. The number of imidazole rings is 1. The molecule has 0 aliphatic rings. The predicted molar refractivity (Wildman–Crippen MR) is 72.2 cm³/mol. The van der Waals surface area contributed by atoms with Gasteiger partial charge in [0.1, 0.15) is 5.82 Å². The van der Waals surface area contributed by atoms with Gasteiger partial charge < -0.3 is 9.47 Å². The van der Waals surface area contributed by atoms with E-state index in [1.807, 2.05) is 36.7 Å². The third-order valence-corrected chi connectivity index (χ3v) is 3.92. The molecule has 0 unspecified atom stereocenters. The van der Waals surface area contributed by atoms with Crippen LogP contribution >= 0.6 is 11.3 Å². The number of hydrogen-bond donors (Lipinski definition) is 0. The Hall–Kier alpha value is -1.69. The minimum absolute atomic E-state index is 0.679. The maximum atomic E-state index is 10.9. The molecule has 0 aliphatic heterocycles. The van der Waals surface area contributed by atoms with Gasteiger partial charge in [0.25, 0.3) is 0 Å². The van der Waals surface area contributed by atoms with Crippen molar-refractivity contribution in [1.29, 1.82) is 0 Å². The van der Waals surface area contributed by atoms with E-state index in [9.17, 15) is 4.79 Å². The lowest BCUT2D eigenvalue weighted by molar-refractivity contribution is 0.112. The van der Waals surface area contributed by atoms with Crippen molar-refractivity contribution in [2.24, 2.45) is 7.05 Å². The van der Waals surface area contributed by atoms with Gasteiger partial charge in [0, 0.05) is 26.5 Å². The molecular formula is C12H16N4OS. The number of rotatable bonds is 5. The number of aldehydes is 1. The van der Waals surface area contributed by atoms with Crippen molar-refractivity contribution in [3.8, 4) is 0 Å². The molecular weight excluding hydrogens is 248 g/mol. The summed E-state index contributed by atoms with van der Waals surface area (Å²) >= 11 is 1.43. The molecule has 0 radical (unpaired) electrons. The number of thiazole rings is 1. The van der Waals surface area contributed by atoms with E-state index in [0.29, 0.717) is 6.54 Å². The lowest BCUT2D eigenvalue weighted by Crippen LogP contribution is -2.18. The van der Waals surface area contributed by atoms with Crippen LogP contribution in [0.3, 0.4) is 0 Å². The first-order valence-electron chi connectivity index (χ1n) is 5.78. The smallest absolute Gasteiger partial charge is 0.186 e. The Bertz CT molecular complexity index is 546. The standard InChI is InChI=1S/C12H16N4OS/c1-4-9-10(8-17)18-12(14-9)16(3)7-11-13-5-6-15(11)2/h5-6,8H,4,7H2,1-3H3. The highest BCUT2D eigenvalue weighted by Crippen LogP contribution is 2.25. The monoisotopic (exact) mass is 264 g/mol. The third kappa shape index (κ3) is 2.43. The summed E-state index contributed by atoms with van der Waals surface area (Å²) in [5.74, 6) is 0.971. The molecule has 2 heterocycles.